The number of hydrogen-bond acceptors (Lipinski definition) is 3. The first-order valence-corrected chi connectivity index (χ1v) is 8.46. The van der Waals surface area contributed by atoms with Crippen molar-refractivity contribution in [2.45, 2.75) is 26.3 Å². The molecule has 1 N–H and O–H groups in total. The van der Waals surface area contributed by atoms with Gasteiger partial charge in [-0.25, -0.2) is 4.39 Å². The van der Waals surface area contributed by atoms with Gasteiger partial charge in [0.15, 0.2) is 11.5 Å². The lowest BCUT2D eigenvalue weighted by Crippen LogP contribution is -2.17. The van der Waals surface area contributed by atoms with E-state index in [9.17, 15) is 4.39 Å². The Kier molecular flexibility index (Phi) is 7.35. The molecule has 2 aromatic carbocycles. The molecule has 0 saturated heterocycles. The molecule has 0 saturated carbocycles. The van der Waals surface area contributed by atoms with E-state index in [1.54, 1.807) is 19.2 Å². The molecule has 0 aliphatic carbocycles. The molecule has 2 aromatic rings. The molecule has 0 fully saturated rings. The van der Waals surface area contributed by atoms with Crippen LogP contribution in [0.5, 0.6) is 11.5 Å². The van der Waals surface area contributed by atoms with Crippen LogP contribution in [0.1, 0.15) is 24.5 Å². The fourth-order valence-corrected chi connectivity index (χ4v) is 2.66. The summed E-state index contributed by atoms with van der Waals surface area (Å²) in [6.45, 7) is 3.93. The zero-order valence-corrected chi connectivity index (χ0v) is 14.8. The van der Waals surface area contributed by atoms with Crippen molar-refractivity contribution in [3.8, 4) is 11.5 Å². The van der Waals surface area contributed by atoms with Gasteiger partial charge < -0.3 is 14.8 Å². The summed E-state index contributed by atoms with van der Waals surface area (Å²) >= 11 is 6.30. The first-order chi connectivity index (χ1) is 11.7. The summed E-state index contributed by atoms with van der Waals surface area (Å²) in [5, 5.41) is 3.83. The average Bonchev–Trinajstić information content (AvgIpc) is 2.58. The number of nitrogens with one attached hydrogen (secondary N) is 1. The fraction of sp³-hybridized carbons (Fsp3) is 0.368. The second kappa shape index (κ2) is 9.50. The van der Waals surface area contributed by atoms with Gasteiger partial charge in [0.05, 0.1) is 18.7 Å². The topological polar surface area (TPSA) is 30.5 Å². The van der Waals surface area contributed by atoms with E-state index in [2.05, 4.69) is 5.32 Å². The predicted octanol–water partition coefficient (Wildman–Crippen LogP) is 4.61. The fourth-order valence-electron chi connectivity index (χ4n) is 2.38. The molecule has 3 nitrogen and oxygen atoms in total. The summed E-state index contributed by atoms with van der Waals surface area (Å²) in [5.41, 5.74) is 1.71. The van der Waals surface area contributed by atoms with Gasteiger partial charge in [0.1, 0.15) is 5.82 Å². The van der Waals surface area contributed by atoms with Crippen molar-refractivity contribution in [3.63, 3.8) is 0 Å². The van der Waals surface area contributed by atoms with Crippen LogP contribution in [0, 0.1) is 5.82 Å². The molecular formula is C19H23ClFNO2. The normalized spacial score (nSPS) is 10.7. The van der Waals surface area contributed by atoms with Gasteiger partial charge in [0.25, 0.3) is 0 Å². The number of ether oxygens (including phenoxy) is 2. The second-order valence-electron chi connectivity index (χ2n) is 5.48. The van der Waals surface area contributed by atoms with E-state index < -0.39 is 0 Å². The first kappa shape index (κ1) is 18.6. The largest absolute Gasteiger partial charge is 0.493 e. The zero-order valence-electron chi connectivity index (χ0n) is 14.1. The number of benzene rings is 2. The minimum Gasteiger partial charge on any atom is -0.493 e. The van der Waals surface area contributed by atoms with Crippen LogP contribution in [0.4, 0.5) is 4.39 Å². The van der Waals surface area contributed by atoms with Crippen LogP contribution in [0.3, 0.4) is 0 Å². The number of methoxy groups -OCH3 is 1. The maximum absolute atomic E-state index is 13.6. The lowest BCUT2D eigenvalue weighted by Gasteiger charge is -2.14. The molecule has 0 unspecified atom stereocenters. The summed E-state index contributed by atoms with van der Waals surface area (Å²) in [7, 11) is 1.60. The minimum atomic E-state index is -0.165. The molecule has 0 amide bonds. The average molecular weight is 352 g/mol. The van der Waals surface area contributed by atoms with Gasteiger partial charge in [-0.15, -0.1) is 0 Å². The predicted molar refractivity (Wildman–Crippen MR) is 95.6 cm³/mol. The third-order valence-electron chi connectivity index (χ3n) is 3.60. The molecule has 130 valence electrons. The number of halogens is 2. The summed E-state index contributed by atoms with van der Waals surface area (Å²) in [4.78, 5) is 0. The molecule has 5 heteroatoms. The second-order valence-corrected chi connectivity index (χ2v) is 5.88. The summed E-state index contributed by atoms with van der Waals surface area (Å²) in [5.74, 6) is 1.04. The SMILES string of the molecule is CCCOc1c(Cl)cc(CNCCc2ccccc2F)cc1OC. The highest BCUT2D eigenvalue weighted by molar-refractivity contribution is 6.32. The number of rotatable bonds is 9. The molecule has 0 atom stereocenters. The van der Waals surface area contributed by atoms with Crippen molar-refractivity contribution in [1.29, 1.82) is 0 Å². The Balaban J connectivity index is 1.93. The Morgan fingerprint density at radius 3 is 2.71 bits per heavy atom. The van der Waals surface area contributed by atoms with E-state index in [0.29, 0.717) is 48.2 Å². The lowest BCUT2D eigenvalue weighted by atomic mass is 10.1. The van der Waals surface area contributed by atoms with E-state index in [0.717, 1.165) is 12.0 Å². The summed E-state index contributed by atoms with van der Waals surface area (Å²) in [6, 6.07) is 10.6. The maximum atomic E-state index is 13.6. The highest BCUT2D eigenvalue weighted by atomic mass is 35.5. The molecule has 0 radical (unpaired) electrons. The van der Waals surface area contributed by atoms with E-state index in [1.165, 1.54) is 6.07 Å². The number of hydrogen-bond donors (Lipinski definition) is 1. The maximum Gasteiger partial charge on any atom is 0.179 e. The van der Waals surface area contributed by atoms with Gasteiger partial charge in [0, 0.05) is 6.54 Å². The third kappa shape index (κ3) is 5.11. The highest BCUT2D eigenvalue weighted by Gasteiger charge is 2.11. The molecular weight excluding hydrogens is 329 g/mol. The third-order valence-corrected chi connectivity index (χ3v) is 3.88. The van der Waals surface area contributed by atoms with Crippen molar-refractivity contribution in [1.82, 2.24) is 5.32 Å². The molecule has 0 aliphatic heterocycles. The van der Waals surface area contributed by atoms with E-state index in [4.69, 9.17) is 21.1 Å². The van der Waals surface area contributed by atoms with Crippen molar-refractivity contribution >= 4 is 11.6 Å². The lowest BCUT2D eigenvalue weighted by molar-refractivity contribution is 0.294. The quantitative estimate of drug-likeness (QED) is 0.669. The molecule has 0 spiro atoms. The Labute approximate surface area is 147 Å². The molecule has 0 bridgehead atoms. The van der Waals surface area contributed by atoms with Crippen molar-refractivity contribution in [3.05, 3.63) is 58.4 Å². The van der Waals surface area contributed by atoms with E-state index >= 15 is 0 Å². The zero-order chi connectivity index (χ0) is 17.4. The van der Waals surface area contributed by atoms with Gasteiger partial charge in [-0.1, -0.05) is 36.7 Å². The van der Waals surface area contributed by atoms with Gasteiger partial charge in [0.2, 0.25) is 0 Å². The molecule has 0 aromatic heterocycles. The van der Waals surface area contributed by atoms with Crippen LogP contribution in [0.25, 0.3) is 0 Å². The minimum absolute atomic E-state index is 0.165. The van der Waals surface area contributed by atoms with Crippen LogP contribution in [0.15, 0.2) is 36.4 Å². The van der Waals surface area contributed by atoms with Crippen LogP contribution in [0.2, 0.25) is 5.02 Å². The molecule has 2 rings (SSSR count). The first-order valence-electron chi connectivity index (χ1n) is 8.09. The van der Waals surface area contributed by atoms with Gasteiger partial charge in [-0.3, -0.25) is 0 Å². The highest BCUT2D eigenvalue weighted by Crippen LogP contribution is 2.36. The van der Waals surface area contributed by atoms with Crippen LogP contribution >= 0.6 is 11.6 Å². The van der Waals surface area contributed by atoms with Crippen molar-refractivity contribution in [2.75, 3.05) is 20.3 Å². The van der Waals surface area contributed by atoms with Crippen LogP contribution in [-0.4, -0.2) is 20.3 Å². The summed E-state index contributed by atoms with van der Waals surface area (Å²) in [6.07, 6.45) is 1.54. The van der Waals surface area contributed by atoms with E-state index in [1.807, 2.05) is 25.1 Å². The summed E-state index contributed by atoms with van der Waals surface area (Å²) < 4.78 is 24.6. The standard InChI is InChI=1S/C19H23ClFNO2/c1-3-10-24-19-16(20)11-14(12-18(19)23-2)13-22-9-8-15-6-4-5-7-17(15)21/h4-7,11-12,22H,3,8-10,13H2,1-2H3. The Morgan fingerprint density at radius 2 is 2.00 bits per heavy atom. The van der Waals surface area contributed by atoms with Crippen LogP contribution < -0.4 is 14.8 Å². The monoisotopic (exact) mass is 351 g/mol. The van der Waals surface area contributed by atoms with E-state index in [-0.39, 0.29) is 5.82 Å². The van der Waals surface area contributed by atoms with Crippen LogP contribution in [-0.2, 0) is 13.0 Å². The molecule has 0 heterocycles. The Bertz CT molecular complexity index is 664. The van der Waals surface area contributed by atoms with Gasteiger partial charge >= 0.3 is 0 Å². The molecule has 24 heavy (non-hydrogen) atoms. The molecule has 0 aliphatic rings. The van der Waals surface area contributed by atoms with Gasteiger partial charge in [-0.05, 0) is 48.7 Å². The Morgan fingerprint density at radius 1 is 1.21 bits per heavy atom. The van der Waals surface area contributed by atoms with Gasteiger partial charge in [-0.2, -0.15) is 0 Å². The Hall–Kier alpha value is -1.78. The van der Waals surface area contributed by atoms with Crippen molar-refractivity contribution in [2.24, 2.45) is 0 Å². The van der Waals surface area contributed by atoms with Crippen molar-refractivity contribution < 1.29 is 13.9 Å². The smallest absolute Gasteiger partial charge is 0.179 e.